The number of methoxy groups -OCH3 is 1. The zero-order chi connectivity index (χ0) is 102. The Balaban J connectivity index is 0.000000166. The van der Waals surface area contributed by atoms with Crippen LogP contribution in [0.4, 0.5) is 91.5 Å². The Bertz CT molecular complexity index is 7140. The van der Waals surface area contributed by atoms with Gasteiger partial charge in [-0.2, -0.15) is 4.98 Å². The van der Waals surface area contributed by atoms with Gasteiger partial charge in [0, 0.05) is 90.4 Å². The number of fused-ring (bicyclic) bond motifs is 10. The van der Waals surface area contributed by atoms with E-state index in [-0.39, 0.29) is 99.9 Å². The number of nitrogens with one attached hydrogen (secondary N) is 6. The summed E-state index contributed by atoms with van der Waals surface area (Å²) in [5, 5.41) is 130. The summed E-state index contributed by atoms with van der Waals surface area (Å²) in [7, 11) is 7.71. The fraction of sp³-hybridized carbons (Fsp3) is 0.407. The smallest absolute Gasteiger partial charge is 0.349 e. The van der Waals surface area contributed by atoms with Gasteiger partial charge in [-0.3, -0.25) is 33.5 Å². The van der Waals surface area contributed by atoms with E-state index in [0.717, 1.165) is 94.1 Å². The second-order valence-electron chi connectivity index (χ2n) is 33.8. The van der Waals surface area contributed by atoms with Crippen LogP contribution in [0.2, 0.25) is 0 Å². The van der Waals surface area contributed by atoms with Crippen LogP contribution in [0, 0.1) is 34.6 Å². The molecule has 10 heterocycles. The first-order valence-electron chi connectivity index (χ1n) is 43.9. The Morgan fingerprint density at radius 2 is 0.842 bits per heavy atom. The van der Waals surface area contributed by atoms with Crippen LogP contribution in [0.1, 0.15) is 66.3 Å². The largest absolute Gasteiger partial charge is 0.496 e. The van der Waals surface area contributed by atoms with E-state index in [2.05, 4.69) is 117 Å². The van der Waals surface area contributed by atoms with Gasteiger partial charge in [-0.15, -0.1) is 0 Å². The first-order valence-corrected chi connectivity index (χ1v) is 46.0. The van der Waals surface area contributed by atoms with Crippen molar-refractivity contribution in [1.82, 2.24) is 59.4 Å². The molecule has 0 radical (unpaired) electrons. The number of aromatic amines is 5. The molecule has 0 aliphatic carbocycles. The maximum atomic E-state index is 12.4. The van der Waals surface area contributed by atoms with Crippen molar-refractivity contribution in [3.8, 4) is 17.3 Å². The third-order valence-corrected chi connectivity index (χ3v) is 23.5. The summed E-state index contributed by atoms with van der Waals surface area (Å²) < 4.78 is 23.3. The van der Waals surface area contributed by atoms with Gasteiger partial charge < -0.3 is 145 Å². The Kier molecular flexibility index (Phi) is 34.5. The molecule has 47 nitrogen and oxygen atoms in total. The van der Waals surface area contributed by atoms with Crippen molar-refractivity contribution in [3.05, 3.63) is 194 Å². The first kappa shape index (κ1) is 106. The quantitative estimate of drug-likeness (QED) is 0.00872. The minimum absolute atomic E-state index is 0.0310. The topological polar surface area (TPSA) is 689 Å². The van der Waals surface area contributed by atoms with Crippen LogP contribution in [-0.2, 0) is 15.6 Å². The van der Waals surface area contributed by atoms with E-state index in [1.807, 2.05) is 88.5 Å². The lowest BCUT2D eigenvalue weighted by molar-refractivity contribution is -0.0727. The van der Waals surface area contributed by atoms with E-state index in [0.29, 0.717) is 93.7 Å². The summed E-state index contributed by atoms with van der Waals surface area (Å²) in [6.07, 6.45) is -9.11. The van der Waals surface area contributed by atoms with Crippen molar-refractivity contribution in [3.63, 3.8) is 0 Å². The van der Waals surface area contributed by atoms with Gasteiger partial charge >= 0.3 is 13.3 Å². The van der Waals surface area contributed by atoms with Gasteiger partial charge in [0.05, 0.1) is 110 Å². The number of unbranched alkanes of at least 4 members (excludes halogenated alkanes) is 4. The molecule has 10 atom stereocenters. The van der Waals surface area contributed by atoms with Crippen molar-refractivity contribution in [1.29, 1.82) is 0 Å². The molecule has 4 aromatic heterocycles. The standard InChI is InChI=1S/C19H26N5O5P.C19H25N5O2.C18H23N5O5.C18H22N4O6.C17H21N5O5/c1-12-10-13-15(11-14(12)23(2)3)24(8-6-5-7-9-29-30(4,27)28)17-16(20-13)18(25)22-19(26)21-17;1-12-10-14-16(11-15(12)23(3)4)24(8-6-5-7-9-25)18-17(22-14)19(26)21-13(2)20-18;1-8-4-11-12(5-10(8)19-3)23(6-13(25)16(27)14(26)7-24)17-15(22-11)18(28)21-9(2)20-17;1-8-4-10-11(5-14(8)28-3)22(6-12(24)16(26)13(25)7-23)17-15(21-10)18(27)20-9(2)19-17;1-7-3-10-11(4-9(7)18)22(5-12(24)15(26)13(25)6-23)16-14(21-10)17(27)20-8(2)19-16/h10-11H,5-9H2,1-4H3,(H,27,28)(H,22,25,26);10-11,25H,2,5-9H2,1,3-4H3,(H,21,26);4-5,13-14,16,19,24-27H,2,6-7H2,1,3H3,(H,21,28);4-5,12-13,16,23-26H,2,6-7H2,1,3H3,(H,20,27);3-4,12-13,15,23-26H,2,5-6,18H2,1H3,(H,20,27)/t;;13-,14+,16-;12-,13+,16-;12-,13+,15-/m..000/s1. The van der Waals surface area contributed by atoms with Crippen LogP contribution in [0.15, 0.2) is 109 Å². The van der Waals surface area contributed by atoms with Gasteiger partial charge in [0.2, 0.25) is 0 Å². The Hall–Kier alpha value is -13.6. The molecule has 9 aromatic rings. The molecule has 0 fully saturated rings. The average Bonchev–Trinajstić information content (AvgIpc) is 0.769. The van der Waals surface area contributed by atoms with Crippen LogP contribution < -0.4 is 122 Å². The summed E-state index contributed by atoms with van der Waals surface area (Å²) in [6, 6.07) is 18.3. The molecule has 22 N–H and O–H groups in total. The number of aromatic nitrogens is 12. The lowest BCUT2D eigenvalue weighted by atomic mass is 10.1. The second kappa shape index (κ2) is 45.3. The molecule has 0 bridgehead atoms. The Labute approximate surface area is 791 Å². The molecule has 744 valence electrons. The number of nitrogens with two attached hydrogens (primary N) is 1. The molecule has 0 spiro atoms. The van der Waals surface area contributed by atoms with Gasteiger partial charge in [0.25, 0.3) is 27.8 Å². The molecular formula is C91H117N24O23P. The maximum absolute atomic E-state index is 12.4. The normalized spacial score (nSPS) is 14.8. The number of nitrogen functional groups attached to an aromatic ring is 1. The van der Waals surface area contributed by atoms with E-state index < -0.39 is 110 Å². The van der Waals surface area contributed by atoms with Crippen molar-refractivity contribution in [2.75, 3.05) is 149 Å². The molecular weight excluding hydrogens is 1830 g/mol. The summed E-state index contributed by atoms with van der Waals surface area (Å²) in [5.41, 5.74) is 17.8. The monoisotopic (exact) mass is 1940 g/mol. The highest BCUT2D eigenvalue weighted by Crippen LogP contribution is 2.44. The summed E-state index contributed by atoms with van der Waals surface area (Å²) in [5.74, 6) is 1.82. The molecule has 0 saturated carbocycles. The summed E-state index contributed by atoms with van der Waals surface area (Å²) in [6.45, 7) is 24.2. The highest BCUT2D eigenvalue weighted by atomic mass is 31.2. The fourth-order valence-corrected chi connectivity index (χ4v) is 16.2. The third-order valence-electron chi connectivity index (χ3n) is 22.9. The van der Waals surface area contributed by atoms with Crippen LogP contribution in [0.3, 0.4) is 0 Å². The number of H-pyrrole nitrogens is 5. The fourth-order valence-electron chi connectivity index (χ4n) is 15.7. The van der Waals surface area contributed by atoms with Crippen molar-refractivity contribution in [2.45, 2.75) is 135 Å². The molecule has 139 heavy (non-hydrogen) atoms. The molecule has 5 aromatic carbocycles. The lowest BCUT2D eigenvalue weighted by Gasteiger charge is -2.32. The van der Waals surface area contributed by atoms with Gasteiger partial charge in [-0.1, -0.05) is 26.3 Å². The SMILES string of the molecule is C=c1nc2c(c(=O)[nH]1)=Nc1cc(C)c(N(C)C)cc1N2CCCCCO.C=c1nc2c(c(=O)[nH]1)=Nc1cc(C)c(N)cc1N2C[C@H](O)[C@H](O)[C@H](O)CO.C=c1nc2c(c(=O)[nH]1)=Nc1cc(C)c(NC)cc1N2C[C@H](O)[C@H](O)[C@H](O)CO.C=c1nc2c(c(=O)[nH]1)=Nc1cc(C)c(OC)cc1N2C[C@H](O)[C@H](O)[C@H](O)CO.Cc1cc2nc3c(=O)[nH]c(=O)nc-3n(CCCCCOP(C)(=O)O)c2cc1N(C)C. The lowest BCUT2D eigenvalue weighted by Crippen LogP contribution is -2.48. The minimum Gasteiger partial charge on any atom is -0.496 e. The van der Waals surface area contributed by atoms with Gasteiger partial charge in [0.15, 0.2) is 56.2 Å². The number of aliphatic hydroxyl groups excluding tert-OH is 13. The zero-order valence-electron chi connectivity index (χ0n) is 78.7. The van der Waals surface area contributed by atoms with Gasteiger partial charge in [0.1, 0.15) is 82.6 Å². The summed E-state index contributed by atoms with van der Waals surface area (Å²) in [4.78, 5) is 149. The number of β-amino-alcohol motifs (C(OH)–C–C–N with tert-alkyl or cyclic N) is 3. The molecule has 1 unspecified atom stereocenters. The molecule has 0 amide bonds. The molecule has 6 aliphatic heterocycles. The predicted octanol–water partition coefficient (Wildman–Crippen LogP) is -3.39. The number of hydrogen-bond acceptors (Lipinski definition) is 40. The van der Waals surface area contributed by atoms with E-state index in [4.69, 9.17) is 35.4 Å². The second-order valence-corrected chi connectivity index (χ2v) is 35.7. The molecule has 15 rings (SSSR count). The number of aliphatic hydroxyl groups is 13. The van der Waals surface area contributed by atoms with Crippen LogP contribution in [0.5, 0.6) is 5.75 Å². The van der Waals surface area contributed by atoms with E-state index >= 15 is 0 Å². The van der Waals surface area contributed by atoms with Crippen LogP contribution in [-0.4, -0.2) is 294 Å². The number of ether oxygens (including phenoxy) is 1. The highest BCUT2D eigenvalue weighted by Gasteiger charge is 2.36. The van der Waals surface area contributed by atoms with E-state index in [1.165, 1.54) is 16.9 Å². The molecule has 0 saturated heterocycles. The van der Waals surface area contributed by atoms with E-state index in [1.54, 1.807) is 55.3 Å². The van der Waals surface area contributed by atoms with E-state index in [9.17, 15) is 84.2 Å². The predicted molar refractivity (Wildman–Crippen MR) is 523 cm³/mol. The van der Waals surface area contributed by atoms with Gasteiger partial charge in [-0.25, -0.2) is 49.7 Å². The average molecular weight is 1950 g/mol. The van der Waals surface area contributed by atoms with Crippen molar-refractivity contribution >= 4 is 136 Å². The number of aryl methyl sites for hydroxylation is 6. The highest BCUT2D eigenvalue weighted by molar-refractivity contribution is 7.51. The van der Waals surface area contributed by atoms with Gasteiger partial charge in [-0.05, 0) is 156 Å². The molecule has 6 aliphatic rings. The number of nitrogens with zero attached hydrogens (tertiary/aromatic N) is 17. The minimum atomic E-state index is -3.47. The van der Waals surface area contributed by atoms with Crippen LogP contribution >= 0.6 is 7.60 Å². The summed E-state index contributed by atoms with van der Waals surface area (Å²) >= 11 is 0. The van der Waals surface area contributed by atoms with Crippen molar-refractivity contribution in [2.24, 2.45) is 20.0 Å². The van der Waals surface area contributed by atoms with Crippen LogP contribution in [0.25, 0.3) is 48.9 Å². The third kappa shape index (κ3) is 24.4. The Morgan fingerprint density at radius 3 is 1.27 bits per heavy atom. The molecule has 48 heteroatoms. The number of anilines is 12. The zero-order valence-corrected chi connectivity index (χ0v) is 79.6. The first-order chi connectivity index (χ1) is 65.7. The van der Waals surface area contributed by atoms with Crippen molar-refractivity contribution < 1.29 is 85.1 Å². The number of rotatable bonds is 31. The number of hydrogen-bond donors (Lipinski definition) is 21. The number of benzene rings is 5. The maximum Gasteiger partial charge on any atom is 0.349 e. The Morgan fingerprint density at radius 1 is 0.453 bits per heavy atom.